The zero-order valence-electron chi connectivity index (χ0n) is 9.59. The van der Waals surface area contributed by atoms with Gasteiger partial charge in [-0.1, -0.05) is 12.2 Å². The number of rotatable bonds is 3. The maximum Gasteiger partial charge on any atom is 0.327 e. The van der Waals surface area contributed by atoms with E-state index in [9.17, 15) is 10.0 Å². The number of alkyl halides is 1. The molecule has 0 aromatic heterocycles. The number of allylic oxidation sites excluding steroid dienone is 4. The SMILES string of the molecule is CCOC(=O)C(C)(Cl)C1C=CC(=[N+]([O-])O)C=C1. The molecule has 1 aliphatic rings. The number of halogens is 1. The second kappa shape index (κ2) is 5.23. The summed E-state index contributed by atoms with van der Waals surface area (Å²) >= 11 is 6.13. The van der Waals surface area contributed by atoms with Crippen molar-refractivity contribution >= 4 is 23.3 Å². The van der Waals surface area contributed by atoms with Gasteiger partial charge in [0.15, 0.2) is 0 Å². The summed E-state index contributed by atoms with van der Waals surface area (Å²) in [6, 6.07) is 0. The number of hydrogen-bond acceptors (Lipinski definition) is 4. The highest BCUT2D eigenvalue weighted by atomic mass is 35.5. The first-order valence-electron chi connectivity index (χ1n) is 5.15. The topological polar surface area (TPSA) is 72.6 Å². The minimum Gasteiger partial charge on any atom is -0.465 e. The summed E-state index contributed by atoms with van der Waals surface area (Å²) in [5.41, 5.74) is 0.0811. The van der Waals surface area contributed by atoms with Gasteiger partial charge in [-0.05, 0) is 13.8 Å². The first-order valence-corrected chi connectivity index (χ1v) is 5.53. The van der Waals surface area contributed by atoms with Crippen molar-refractivity contribution in [1.82, 2.24) is 0 Å². The van der Waals surface area contributed by atoms with Gasteiger partial charge in [-0.25, -0.2) is 0 Å². The number of carbonyl (C=O) groups is 1. The van der Waals surface area contributed by atoms with Crippen LogP contribution in [-0.2, 0) is 9.53 Å². The van der Waals surface area contributed by atoms with Crippen LogP contribution in [0.25, 0.3) is 0 Å². The molecule has 0 aliphatic heterocycles. The summed E-state index contributed by atoms with van der Waals surface area (Å²) in [6.45, 7) is 3.50. The van der Waals surface area contributed by atoms with E-state index in [-0.39, 0.29) is 17.2 Å². The standard InChI is InChI=1S/C11H14ClNO4/c1-3-17-10(14)11(2,12)8-4-6-9(7-5-8)13(15)16/h4-8H,3H2,1-2H3,(H,15,16). The Balaban J connectivity index is 2.84. The third-order valence-corrected chi connectivity index (χ3v) is 2.88. The van der Waals surface area contributed by atoms with E-state index in [2.05, 4.69) is 0 Å². The van der Waals surface area contributed by atoms with Gasteiger partial charge in [0.25, 0.3) is 5.71 Å². The van der Waals surface area contributed by atoms with E-state index in [1.807, 2.05) is 0 Å². The fraction of sp³-hybridized carbons (Fsp3) is 0.455. The van der Waals surface area contributed by atoms with Crippen LogP contribution in [-0.4, -0.2) is 33.3 Å². The molecule has 0 amide bonds. The molecule has 0 saturated heterocycles. The summed E-state index contributed by atoms with van der Waals surface area (Å²) in [5.74, 6) is -0.917. The maximum atomic E-state index is 11.6. The molecule has 0 radical (unpaired) electrons. The average Bonchev–Trinajstić information content (AvgIpc) is 2.29. The van der Waals surface area contributed by atoms with Crippen LogP contribution in [0.1, 0.15) is 13.8 Å². The number of nitrogens with zero attached hydrogens (tertiary/aromatic N) is 1. The second-order valence-corrected chi connectivity index (χ2v) is 4.52. The molecule has 1 rings (SSSR count). The summed E-state index contributed by atoms with van der Waals surface area (Å²) in [7, 11) is 0. The van der Waals surface area contributed by atoms with E-state index in [0.29, 0.717) is 0 Å². The lowest BCUT2D eigenvalue weighted by atomic mass is 9.89. The van der Waals surface area contributed by atoms with Gasteiger partial charge in [-0.15, -0.1) is 11.6 Å². The minimum atomic E-state index is -1.22. The predicted molar refractivity (Wildman–Crippen MR) is 63.1 cm³/mol. The van der Waals surface area contributed by atoms with Crippen LogP contribution in [0, 0.1) is 11.1 Å². The largest absolute Gasteiger partial charge is 0.465 e. The minimum absolute atomic E-state index is 0.0811. The fourth-order valence-corrected chi connectivity index (χ4v) is 1.62. The smallest absolute Gasteiger partial charge is 0.327 e. The van der Waals surface area contributed by atoms with Crippen LogP contribution in [0.5, 0.6) is 0 Å². The lowest BCUT2D eigenvalue weighted by Gasteiger charge is -2.26. The first-order chi connectivity index (χ1) is 7.89. The van der Waals surface area contributed by atoms with Crippen LogP contribution < -0.4 is 0 Å². The lowest BCUT2D eigenvalue weighted by Crippen LogP contribution is -2.38. The first kappa shape index (κ1) is 13.6. The Morgan fingerprint density at radius 3 is 2.59 bits per heavy atom. The molecule has 0 aromatic carbocycles. The monoisotopic (exact) mass is 259 g/mol. The van der Waals surface area contributed by atoms with E-state index < -0.39 is 16.8 Å². The average molecular weight is 260 g/mol. The second-order valence-electron chi connectivity index (χ2n) is 3.74. The van der Waals surface area contributed by atoms with E-state index in [4.69, 9.17) is 21.5 Å². The van der Waals surface area contributed by atoms with Crippen molar-refractivity contribution < 1.29 is 19.6 Å². The summed E-state index contributed by atoms with van der Waals surface area (Å²) < 4.78 is 4.87. The van der Waals surface area contributed by atoms with E-state index >= 15 is 0 Å². The Kier molecular flexibility index (Phi) is 4.17. The number of esters is 1. The maximum absolute atomic E-state index is 11.6. The highest BCUT2D eigenvalue weighted by Gasteiger charge is 2.39. The summed E-state index contributed by atoms with van der Waals surface area (Å²) in [5, 5.41) is 19.3. The molecular weight excluding hydrogens is 246 g/mol. The lowest BCUT2D eigenvalue weighted by molar-refractivity contribution is -0.725. The van der Waals surface area contributed by atoms with E-state index in [0.717, 1.165) is 0 Å². The van der Waals surface area contributed by atoms with Gasteiger partial charge in [-0.2, -0.15) is 0 Å². The molecule has 1 aliphatic carbocycles. The van der Waals surface area contributed by atoms with Gasteiger partial charge in [0, 0.05) is 23.0 Å². The highest BCUT2D eigenvalue weighted by Crippen LogP contribution is 2.30. The van der Waals surface area contributed by atoms with E-state index in [1.165, 1.54) is 12.2 Å². The number of carbonyl (C=O) groups excluding carboxylic acids is 1. The normalized spacial score (nSPS) is 22.1. The fourth-order valence-electron chi connectivity index (χ4n) is 1.42. The van der Waals surface area contributed by atoms with Crippen molar-refractivity contribution in [2.45, 2.75) is 18.7 Å². The molecule has 1 atom stereocenters. The van der Waals surface area contributed by atoms with Crippen molar-refractivity contribution in [1.29, 1.82) is 0 Å². The van der Waals surface area contributed by atoms with Gasteiger partial charge >= 0.3 is 5.97 Å². The molecule has 0 bridgehead atoms. The molecule has 17 heavy (non-hydrogen) atoms. The molecule has 1 unspecified atom stereocenters. The molecule has 6 heteroatoms. The predicted octanol–water partition coefficient (Wildman–Crippen LogP) is 1.63. The molecular formula is C11H14ClNO4. The molecule has 0 spiro atoms. The van der Waals surface area contributed by atoms with Crippen LogP contribution in [0.2, 0.25) is 0 Å². The molecule has 1 N–H and O–H groups in total. The number of ether oxygens (including phenoxy) is 1. The van der Waals surface area contributed by atoms with Crippen LogP contribution >= 0.6 is 11.6 Å². The van der Waals surface area contributed by atoms with Crippen molar-refractivity contribution in [2.75, 3.05) is 6.61 Å². The van der Waals surface area contributed by atoms with Gasteiger partial charge in [0.05, 0.1) is 6.61 Å². The third-order valence-electron chi connectivity index (χ3n) is 2.47. The van der Waals surface area contributed by atoms with Gasteiger partial charge in [0.2, 0.25) is 0 Å². The van der Waals surface area contributed by atoms with Gasteiger partial charge in [0.1, 0.15) is 4.87 Å². The van der Waals surface area contributed by atoms with Crippen molar-refractivity contribution in [3.63, 3.8) is 0 Å². The zero-order chi connectivity index (χ0) is 13.1. The van der Waals surface area contributed by atoms with Crippen molar-refractivity contribution in [3.8, 4) is 0 Å². The Labute approximate surface area is 104 Å². The van der Waals surface area contributed by atoms with Crippen molar-refractivity contribution in [2.24, 2.45) is 5.92 Å². The molecule has 0 fully saturated rings. The van der Waals surface area contributed by atoms with Gasteiger partial charge < -0.3 is 9.94 Å². The Bertz CT molecular complexity index is 378. The summed E-state index contributed by atoms with van der Waals surface area (Å²) in [4.78, 5) is 10.2. The molecule has 94 valence electrons. The molecule has 0 heterocycles. The molecule has 0 aromatic rings. The Morgan fingerprint density at radius 2 is 2.18 bits per heavy atom. The third kappa shape index (κ3) is 3.00. The van der Waals surface area contributed by atoms with E-state index in [1.54, 1.807) is 26.0 Å². The van der Waals surface area contributed by atoms with Crippen LogP contribution in [0.4, 0.5) is 0 Å². The number of hydrogen-bond donors (Lipinski definition) is 1. The zero-order valence-corrected chi connectivity index (χ0v) is 10.3. The molecule has 0 saturated carbocycles. The highest BCUT2D eigenvalue weighted by molar-refractivity contribution is 6.34. The Morgan fingerprint density at radius 1 is 1.65 bits per heavy atom. The van der Waals surface area contributed by atoms with Crippen LogP contribution in [0.3, 0.4) is 0 Å². The van der Waals surface area contributed by atoms with Gasteiger partial charge in [-0.3, -0.25) is 10.0 Å². The summed E-state index contributed by atoms with van der Waals surface area (Å²) in [6.07, 6.45) is 5.94. The molecule has 5 nitrogen and oxygen atoms in total. The Hall–Kier alpha value is -1.49. The van der Waals surface area contributed by atoms with Crippen molar-refractivity contribution in [3.05, 3.63) is 29.5 Å². The van der Waals surface area contributed by atoms with Crippen LogP contribution in [0.15, 0.2) is 24.3 Å². The quantitative estimate of drug-likeness (QED) is 0.275.